The average Bonchev–Trinajstić information content (AvgIpc) is 2.02. The third-order valence-corrected chi connectivity index (χ3v) is 2.47. The molecule has 0 aliphatic heterocycles. The summed E-state index contributed by atoms with van der Waals surface area (Å²) in [6.45, 7) is 1.71. The van der Waals surface area contributed by atoms with E-state index in [2.05, 4.69) is 0 Å². The fourth-order valence-corrected chi connectivity index (χ4v) is 1.52. The second-order valence-electron chi connectivity index (χ2n) is 2.59. The van der Waals surface area contributed by atoms with Crippen molar-refractivity contribution in [3.63, 3.8) is 0 Å². The maximum atomic E-state index is 12.6. The second kappa shape index (κ2) is 7.24. The minimum atomic E-state index is -2.60. The van der Waals surface area contributed by atoms with Gasteiger partial charge in [0, 0.05) is 18.6 Å². The van der Waals surface area contributed by atoms with E-state index in [0.29, 0.717) is 12.2 Å². The highest BCUT2D eigenvalue weighted by Gasteiger charge is 2.13. The molecule has 1 atom stereocenters. The molecule has 0 aliphatic rings. The highest BCUT2D eigenvalue weighted by Crippen LogP contribution is 2.15. The smallest absolute Gasteiger partial charge is 0.241 e. The van der Waals surface area contributed by atoms with Crippen LogP contribution in [-0.2, 0) is 4.79 Å². The van der Waals surface area contributed by atoms with Crippen LogP contribution < -0.4 is 0 Å². The predicted molar refractivity (Wildman–Crippen MR) is 47.9 cm³/mol. The molecule has 0 aromatic heterocycles. The van der Waals surface area contributed by atoms with Gasteiger partial charge in [0.05, 0.1) is 0 Å². The number of carbonyl (C=O) groups is 1. The lowest BCUT2D eigenvalue weighted by atomic mass is 10.2. The van der Waals surface area contributed by atoms with Gasteiger partial charge in [-0.2, -0.15) is 0 Å². The molecule has 0 fully saturated rings. The van der Waals surface area contributed by atoms with Crippen LogP contribution in [-0.4, -0.2) is 23.5 Å². The third-order valence-electron chi connectivity index (χ3n) is 1.42. The maximum Gasteiger partial charge on any atom is 0.241 e. The Balaban J connectivity index is 3.36. The maximum absolute atomic E-state index is 12.6. The minimum absolute atomic E-state index is 0.0238. The largest absolute Gasteiger partial charge is 0.287 e. The molecule has 13 heavy (non-hydrogen) atoms. The lowest BCUT2D eigenvalue weighted by Gasteiger charge is -2.05. The van der Waals surface area contributed by atoms with Gasteiger partial charge in [-0.05, 0) is 6.42 Å². The Hall–Kier alpha value is -0.190. The Bertz CT molecular complexity index is 152. The van der Waals surface area contributed by atoms with E-state index < -0.39 is 19.0 Å². The van der Waals surface area contributed by atoms with Crippen LogP contribution in [0.1, 0.15) is 26.2 Å². The topological polar surface area (TPSA) is 17.1 Å². The summed E-state index contributed by atoms with van der Waals surface area (Å²) in [6.07, 6.45) is -4.38. The summed E-state index contributed by atoms with van der Waals surface area (Å²) in [6, 6.07) is 0. The van der Waals surface area contributed by atoms with Gasteiger partial charge < -0.3 is 0 Å². The molecule has 1 nitrogen and oxygen atoms in total. The van der Waals surface area contributed by atoms with E-state index >= 15 is 0 Å². The van der Waals surface area contributed by atoms with Crippen molar-refractivity contribution in [1.29, 1.82) is 0 Å². The third kappa shape index (κ3) is 8.15. The summed E-state index contributed by atoms with van der Waals surface area (Å²) in [7, 11) is 0. The van der Waals surface area contributed by atoms with E-state index in [1.807, 2.05) is 0 Å². The minimum Gasteiger partial charge on any atom is -0.287 e. The van der Waals surface area contributed by atoms with Crippen molar-refractivity contribution in [2.75, 3.05) is 5.75 Å². The van der Waals surface area contributed by atoms with E-state index in [-0.39, 0.29) is 11.5 Å². The lowest BCUT2D eigenvalue weighted by Crippen LogP contribution is -2.08. The summed E-state index contributed by atoms with van der Waals surface area (Å²) < 4.78 is 35.9. The summed E-state index contributed by atoms with van der Waals surface area (Å²) >= 11 is 1.01. The van der Waals surface area contributed by atoms with E-state index in [1.54, 1.807) is 6.92 Å². The number of carbonyl (C=O) groups excluding carboxylic acids is 1. The highest BCUT2D eigenvalue weighted by atomic mass is 32.2. The first kappa shape index (κ1) is 12.8. The normalized spacial score (nSPS) is 13.3. The summed E-state index contributed by atoms with van der Waals surface area (Å²) in [4.78, 5) is 10.7. The first-order chi connectivity index (χ1) is 6.06. The Kier molecular flexibility index (Phi) is 7.13. The zero-order valence-corrected chi connectivity index (χ0v) is 8.25. The van der Waals surface area contributed by atoms with Gasteiger partial charge in [0.25, 0.3) is 0 Å². The molecule has 0 amide bonds. The molecule has 5 heteroatoms. The van der Waals surface area contributed by atoms with Gasteiger partial charge in [-0.25, -0.2) is 13.2 Å². The molecule has 0 heterocycles. The van der Waals surface area contributed by atoms with E-state index in [4.69, 9.17) is 0 Å². The Morgan fingerprint density at radius 3 is 2.46 bits per heavy atom. The van der Waals surface area contributed by atoms with Gasteiger partial charge in [-0.15, -0.1) is 0 Å². The number of rotatable bonds is 6. The second-order valence-corrected chi connectivity index (χ2v) is 3.74. The van der Waals surface area contributed by atoms with E-state index in [9.17, 15) is 18.0 Å². The van der Waals surface area contributed by atoms with Crippen molar-refractivity contribution >= 4 is 16.9 Å². The first-order valence-corrected chi connectivity index (χ1v) is 5.12. The molecule has 0 aliphatic carbocycles. The van der Waals surface area contributed by atoms with Crippen molar-refractivity contribution in [3.8, 4) is 0 Å². The van der Waals surface area contributed by atoms with Gasteiger partial charge in [-0.1, -0.05) is 18.7 Å². The van der Waals surface area contributed by atoms with Gasteiger partial charge in [0.2, 0.25) is 6.43 Å². The molecule has 0 bridgehead atoms. The van der Waals surface area contributed by atoms with Crippen molar-refractivity contribution in [1.82, 2.24) is 0 Å². The highest BCUT2D eigenvalue weighted by molar-refractivity contribution is 8.13. The predicted octanol–water partition coefficient (Wildman–Crippen LogP) is 3.04. The van der Waals surface area contributed by atoms with Crippen molar-refractivity contribution < 1.29 is 18.0 Å². The molecule has 0 aromatic carbocycles. The molecule has 0 aromatic rings. The monoisotopic (exact) mass is 214 g/mol. The van der Waals surface area contributed by atoms with E-state index in [0.717, 1.165) is 11.8 Å². The van der Waals surface area contributed by atoms with Crippen LogP contribution in [0.5, 0.6) is 0 Å². The van der Waals surface area contributed by atoms with Crippen molar-refractivity contribution in [2.45, 2.75) is 38.8 Å². The van der Waals surface area contributed by atoms with Crippen LogP contribution in [0.3, 0.4) is 0 Å². The van der Waals surface area contributed by atoms with Gasteiger partial charge in [0.15, 0.2) is 5.12 Å². The number of hydrogen-bond donors (Lipinski definition) is 0. The van der Waals surface area contributed by atoms with Crippen molar-refractivity contribution in [2.24, 2.45) is 0 Å². The zero-order chi connectivity index (χ0) is 10.3. The molecule has 0 N–H and O–H groups in total. The van der Waals surface area contributed by atoms with Crippen LogP contribution >= 0.6 is 11.8 Å². The Morgan fingerprint density at radius 2 is 2.00 bits per heavy atom. The molecular formula is C8H13F3OS. The van der Waals surface area contributed by atoms with Gasteiger partial charge >= 0.3 is 0 Å². The van der Waals surface area contributed by atoms with Crippen LogP contribution in [0.2, 0.25) is 0 Å². The molecule has 0 rings (SSSR count). The van der Waals surface area contributed by atoms with Crippen LogP contribution in [0.4, 0.5) is 13.2 Å². The summed E-state index contributed by atoms with van der Waals surface area (Å²) in [5.74, 6) is 0.292. The number of alkyl halides is 3. The molecule has 1 unspecified atom stereocenters. The number of thioether (sulfide) groups is 1. The zero-order valence-electron chi connectivity index (χ0n) is 7.43. The first-order valence-electron chi connectivity index (χ1n) is 4.14. The van der Waals surface area contributed by atoms with Crippen LogP contribution in [0.25, 0.3) is 0 Å². The molecular weight excluding hydrogens is 201 g/mol. The van der Waals surface area contributed by atoms with E-state index in [1.165, 1.54) is 0 Å². The fraction of sp³-hybridized carbons (Fsp3) is 0.875. The molecule has 78 valence electrons. The quantitative estimate of drug-likeness (QED) is 0.676. The Morgan fingerprint density at radius 1 is 1.38 bits per heavy atom. The fourth-order valence-electron chi connectivity index (χ4n) is 0.714. The van der Waals surface area contributed by atoms with Gasteiger partial charge in [0.1, 0.15) is 6.17 Å². The lowest BCUT2D eigenvalue weighted by molar-refractivity contribution is -0.110. The molecule has 0 saturated carbocycles. The molecule has 0 spiro atoms. The standard InChI is InChI=1S/C8H13F3OS/c1-2-8(12)13-4-3-6(9)5-7(10)11/h6-7H,2-5H2,1H3. The molecule has 0 saturated heterocycles. The van der Waals surface area contributed by atoms with Crippen LogP contribution in [0.15, 0.2) is 0 Å². The number of hydrogen-bond acceptors (Lipinski definition) is 2. The van der Waals surface area contributed by atoms with Gasteiger partial charge in [-0.3, -0.25) is 4.79 Å². The average molecular weight is 214 g/mol. The number of halogens is 3. The molecule has 0 radical (unpaired) electrons. The Labute approximate surface area is 80.1 Å². The van der Waals surface area contributed by atoms with Crippen LogP contribution in [0, 0.1) is 0 Å². The summed E-state index contributed by atoms with van der Waals surface area (Å²) in [5, 5.41) is -0.0238. The van der Waals surface area contributed by atoms with Crippen molar-refractivity contribution in [3.05, 3.63) is 0 Å². The summed E-state index contributed by atoms with van der Waals surface area (Å²) in [5.41, 5.74) is 0. The SMILES string of the molecule is CCC(=O)SCCC(F)CC(F)F.